The predicted molar refractivity (Wildman–Crippen MR) is 125 cm³/mol. The van der Waals surface area contributed by atoms with Crippen LogP contribution in [0.25, 0.3) is 0 Å². The van der Waals surface area contributed by atoms with E-state index in [1.54, 1.807) is 48.5 Å². The lowest BCUT2D eigenvalue weighted by Gasteiger charge is -2.30. The third kappa shape index (κ3) is 5.64. The van der Waals surface area contributed by atoms with Gasteiger partial charge in [-0.15, -0.1) is 11.3 Å². The van der Waals surface area contributed by atoms with Gasteiger partial charge in [0.15, 0.2) is 5.69 Å². The lowest BCUT2D eigenvalue weighted by molar-refractivity contribution is -0.119. The minimum absolute atomic E-state index is 0.0202. The normalized spacial score (nSPS) is 11.7. The Morgan fingerprint density at radius 2 is 1.78 bits per heavy atom. The van der Waals surface area contributed by atoms with E-state index in [4.69, 9.17) is 34.0 Å². The summed E-state index contributed by atoms with van der Waals surface area (Å²) in [5.74, 6) is -2.24. The van der Waals surface area contributed by atoms with Gasteiger partial charge < -0.3 is 10.8 Å². The number of hydrogen-bond donors (Lipinski definition) is 2. The molecule has 3 N–H and O–H groups in total. The van der Waals surface area contributed by atoms with Gasteiger partial charge in [-0.05, 0) is 55.7 Å². The molecule has 0 spiro atoms. The standard InChI is InChI=1S/C22H19Cl2N3O4S/c23-13-8-10-14(11-9-13)27(21(29)15-4-1-2-5-16(15)24)18(20(25)28)6-3-7-19-26-17(12-32-19)22(30)31/h1-2,4-5,8-12,18H,3,6-7H2,(H2,25,28)(H,30,31). The molecule has 1 unspecified atom stereocenters. The number of thiazole rings is 1. The topological polar surface area (TPSA) is 114 Å². The van der Waals surface area contributed by atoms with Gasteiger partial charge in [0.05, 0.1) is 15.6 Å². The molecule has 10 heteroatoms. The van der Waals surface area contributed by atoms with Crippen LogP contribution in [0.1, 0.15) is 38.7 Å². The lowest BCUT2D eigenvalue weighted by atomic mass is 10.0. The number of carbonyl (C=O) groups is 3. The zero-order valence-electron chi connectivity index (χ0n) is 16.7. The molecule has 0 fully saturated rings. The van der Waals surface area contributed by atoms with E-state index in [2.05, 4.69) is 4.98 Å². The third-order valence-corrected chi connectivity index (χ3v) is 6.20. The fourth-order valence-electron chi connectivity index (χ4n) is 3.17. The van der Waals surface area contributed by atoms with E-state index < -0.39 is 23.8 Å². The van der Waals surface area contributed by atoms with Crippen molar-refractivity contribution in [3.63, 3.8) is 0 Å². The maximum absolute atomic E-state index is 13.4. The number of benzene rings is 2. The molecule has 7 nitrogen and oxygen atoms in total. The number of hydrogen-bond acceptors (Lipinski definition) is 5. The van der Waals surface area contributed by atoms with E-state index in [0.29, 0.717) is 28.6 Å². The molecule has 1 aromatic heterocycles. The van der Waals surface area contributed by atoms with Gasteiger partial charge >= 0.3 is 5.97 Å². The maximum Gasteiger partial charge on any atom is 0.355 e. The Morgan fingerprint density at radius 3 is 2.38 bits per heavy atom. The van der Waals surface area contributed by atoms with Gasteiger partial charge in [0.25, 0.3) is 5.91 Å². The Bertz CT molecular complexity index is 1130. The summed E-state index contributed by atoms with van der Waals surface area (Å²) >= 11 is 13.5. The Hall–Kier alpha value is -2.94. The fraction of sp³-hybridized carbons (Fsp3) is 0.182. The van der Waals surface area contributed by atoms with E-state index in [1.807, 2.05) is 0 Å². The molecular weight excluding hydrogens is 473 g/mol. The van der Waals surface area contributed by atoms with Crippen LogP contribution in [-0.4, -0.2) is 33.9 Å². The Morgan fingerprint density at radius 1 is 1.09 bits per heavy atom. The van der Waals surface area contributed by atoms with E-state index >= 15 is 0 Å². The summed E-state index contributed by atoms with van der Waals surface area (Å²) in [6, 6.07) is 12.1. The average Bonchev–Trinajstić information content (AvgIpc) is 3.23. The van der Waals surface area contributed by atoms with E-state index in [9.17, 15) is 14.4 Å². The number of nitrogens with zero attached hydrogens (tertiary/aromatic N) is 2. The number of carbonyl (C=O) groups excluding carboxylic acids is 2. The summed E-state index contributed by atoms with van der Waals surface area (Å²) in [5, 5.41) is 11.8. The number of anilines is 1. The highest BCUT2D eigenvalue weighted by molar-refractivity contribution is 7.09. The number of primary amides is 1. The number of carboxylic acids is 1. The van der Waals surface area contributed by atoms with Crippen LogP contribution in [0.5, 0.6) is 0 Å². The number of rotatable bonds is 9. The smallest absolute Gasteiger partial charge is 0.355 e. The number of aryl methyl sites for hydroxylation is 1. The second kappa shape index (κ2) is 10.6. The van der Waals surface area contributed by atoms with Crippen LogP contribution in [0.3, 0.4) is 0 Å². The number of nitrogens with two attached hydrogens (primary N) is 1. The highest BCUT2D eigenvalue weighted by Crippen LogP contribution is 2.27. The first-order chi connectivity index (χ1) is 15.3. The Balaban J connectivity index is 1.87. The van der Waals surface area contributed by atoms with Gasteiger partial charge in [0, 0.05) is 16.1 Å². The fourth-order valence-corrected chi connectivity index (χ4v) is 4.33. The highest BCUT2D eigenvalue weighted by atomic mass is 35.5. The molecule has 32 heavy (non-hydrogen) atoms. The van der Waals surface area contributed by atoms with Crippen molar-refractivity contribution < 1.29 is 19.5 Å². The number of carboxylic acid groups (broad SMARTS) is 1. The predicted octanol–water partition coefficient (Wildman–Crippen LogP) is 4.67. The molecule has 166 valence electrons. The summed E-state index contributed by atoms with van der Waals surface area (Å²) in [7, 11) is 0. The van der Waals surface area contributed by atoms with E-state index in [0.717, 1.165) is 0 Å². The molecule has 2 amide bonds. The summed E-state index contributed by atoms with van der Waals surface area (Å²) in [5.41, 5.74) is 6.37. The minimum Gasteiger partial charge on any atom is -0.476 e. The van der Waals surface area contributed by atoms with Gasteiger partial charge in [0.2, 0.25) is 5.91 Å². The summed E-state index contributed by atoms with van der Waals surface area (Å²) < 4.78 is 0. The van der Waals surface area contributed by atoms with Gasteiger partial charge in [-0.1, -0.05) is 35.3 Å². The third-order valence-electron chi connectivity index (χ3n) is 4.71. The van der Waals surface area contributed by atoms with Gasteiger partial charge in [-0.2, -0.15) is 0 Å². The molecule has 0 saturated heterocycles. The lowest BCUT2D eigenvalue weighted by Crippen LogP contribution is -2.48. The summed E-state index contributed by atoms with van der Waals surface area (Å²) in [4.78, 5) is 42.2. The van der Waals surface area contributed by atoms with Crippen molar-refractivity contribution in [1.82, 2.24) is 4.98 Å². The monoisotopic (exact) mass is 491 g/mol. The molecule has 0 bridgehead atoms. The summed E-state index contributed by atoms with van der Waals surface area (Å²) in [6.45, 7) is 0. The molecule has 1 heterocycles. The van der Waals surface area contributed by atoms with Gasteiger partial charge in [-0.3, -0.25) is 14.5 Å². The Labute approximate surface area is 198 Å². The molecule has 3 rings (SSSR count). The van der Waals surface area contributed by atoms with Crippen molar-refractivity contribution in [3.8, 4) is 0 Å². The zero-order chi connectivity index (χ0) is 23.3. The molecule has 2 aromatic carbocycles. The van der Waals surface area contributed by atoms with Gasteiger partial charge in [-0.25, -0.2) is 9.78 Å². The largest absolute Gasteiger partial charge is 0.476 e. The first-order valence-electron chi connectivity index (χ1n) is 9.58. The second-order valence-electron chi connectivity index (χ2n) is 6.87. The molecule has 0 saturated carbocycles. The van der Waals surface area contributed by atoms with Crippen molar-refractivity contribution in [2.24, 2.45) is 5.73 Å². The van der Waals surface area contributed by atoms with Crippen molar-refractivity contribution in [2.45, 2.75) is 25.3 Å². The van der Waals surface area contributed by atoms with Crippen LogP contribution in [0, 0.1) is 0 Å². The van der Waals surface area contributed by atoms with Crippen molar-refractivity contribution in [3.05, 3.63) is 80.2 Å². The highest BCUT2D eigenvalue weighted by Gasteiger charge is 2.31. The number of aromatic nitrogens is 1. The average molecular weight is 492 g/mol. The molecule has 0 radical (unpaired) electrons. The first-order valence-corrected chi connectivity index (χ1v) is 11.2. The quantitative estimate of drug-likeness (QED) is 0.451. The van der Waals surface area contributed by atoms with Crippen LogP contribution >= 0.6 is 34.5 Å². The number of aromatic carboxylic acids is 1. The van der Waals surface area contributed by atoms with Gasteiger partial charge in [0.1, 0.15) is 6.04 Å². The first kappa shape index (κ1) is 23.7. The second-order valence-corrected chi connectivity index (χ2v) is 8.66. The van der Waals surface area contributed by atoms with Crippen LogP contribution in [0.15, 0.2) is 53.9 Å². The molecule has 1 atom stereocenters. The van der Waals surface area contributed by atoms with Crippen LogP contribution in [0.2, 0.25) is 10.0 Å². The molecule has 0 aliphatic rings. The number of halogens is 2. The Kier molecular flexibility index (Phi) is 7.84. The van der Waals surface area contributed by atoms with E-state index in [1.165, 1.54) is 21.6 Å². The van der Waals surface area contributed by atoms with Crippen molar-refractivity contribution in [1.29, 1.82) is 0 Å². The van der Waals surface area contributed by atoms with Crippen LogP contribution in [-0.2, 0) is 11.2 Å². The molecule has 3 aromatic rings. The van der Waals surface area contributed by atoms with Crippen LogP contribution < -0.4 is 10.6 Å². The summed E-state index contributed by atoms with van der Waals surface area (Å²) in [6.07, 6.45) is 1.15. The number of amides is 2. The maximum atomic E-state index is 13.4. The SMILES string of the molecule is NC(=O)C(CCCc1nc(C(=O)O)cs1)N(C(=O)c1ccccc1Cl)c1ccc(Cl)cc1. The van der Waals surface area contributed by atoms with E-state index in [-0.39, 0.29) is 22.7 Å². The zero-order valence-corrected chi connectivity index (χ0v) is 19.0. The molecular formula is C22H19Cl2N3O4S. The van der Waals surface area contributed by atoms with Crippen LogP contribution in [0.4, 0.5) is 5.69 Å². The van der Waals surface area contributed by atoms with Crippen molar-refractivity contribution in [2.75, 3.05) is 4.90 Å². The molecule has 0 aliphatic carbocycles. The molecule has 0 aliphatic heterocycles. The minimum atomic E-state index is -1.10. The van der Waals surface area contributed by atoms with Crippen molar-refractivity contribution >= 4 is 58.0 Å².